The lowest BCUT2D eigenvalue weighted by Gasteiger charge is -2.10. The molecule has 27 heavy (non-hydrogen) atoms. The van der Waals surface area contributed by atoms with Crippen LogP contribution in [-0.2, 0) is 4.79 Å². The van der Waals surface area contributed by atoms with Gasteiger partial charge in [-0.2, -0.15) is 0 Å². The van der Waals surface area contributed by atoms with Crippen molar-refractivity contribution < 1.29 is 14.3 Å². The first-order chi connectivity index (χ1) is 13.2. The van der Waals surface area contributed by atoms with Crippen molar-refractivity contribution in [3.8, 4) is 16.3 Å². The first kappa shape index (κ1) is 18.5. The van der Waals surface area contributed by atoms with Crippen LogP contribution >= 0.6 is 11.3 Å². The Balaban J connectivity index is 1.56. The number of para-hydroxylation sites is 1. The minimum Gasteiger partial charge on any atom is -0.493 e. The molecule has 0 atom stereocenters. The van der Waals surface area contributed by atoms with Crippen LogP contribution in [0.5, 0.6) is 5.75 Å². The highest BCUT2D eigenvalue weighted by molar-refractivity contribution is 7.18. The molecule has 0 aliphatic heterocycles. The Morgan fingerprint density at radius 3 is 2.56 bits per heavy atom. The molecule has 0 saturated heterocycles. The molecule has 0 aliphatic carbocycles. The molecule has 138 valence electrons. The maximum Gasteiger partial charge on any atom is 0.255 e. The van der Waals surface area contributed by atoms with E-state index in [9.17, 15) is 9.59 Å². The summed E-state index contributed by atoms with van der Waals surface area (Å²) in [5.41, 5.74) is 1.31. The van der Waals surface area contributed by atoms with Crippen molar-refractivity contribution >= 4 is 28.3 Å². The Morgan fingerprint density at radius 2 is 1.78 bits per heavy atom. The molecule has 0 unspecified atom stereocenters. The predicted molar refractivity (Wildman–Crippen MR) is 104 cm³/mol. The molecule has 2 amide bonds. The summed E-state index contributed by atoms with van der Waals surface area (Å²) < 4.78 is 5.43. The van der Waals surface area contributed by atoms with Crippen molar-refractivity contribution in [2.75, 3.05) is 18.5 Å². The number of ether oxygens (including phenoxy) is 1. The predicted octanol–water partition coefficient (Wildman–Crippen LogP) is 2.97. The van der Waals surface area contributed by atoms with Gasteiger partial charge in [0, 0.05) is 5.56 Å². The van der Waals surface area contributed by atoms with Gasteiger partial charge in [0.15, 0.2) is 0 Å². The van der Waals surface area contributed by atoms with E-state index in [2.05, 4.69) is 20.8 Å². The first-order valence-corrected chi connectivity index (χ1v) is 9.18. The number of nitrogens with one attached hydrogen (secondary N) is 2. The summed E-state index contributed by atoms with van der Waals surface area (Å²) in [5, 5.41) is 14.3. The molecular weight excluding hydrogens is 364 g/mol. The molecule has 3 rings (SSSR count). The highest BCUT2D eigenvalue weighted by atomic mass is 32.1. The number of benzene rings is 2. The van der Waals surface area contributed by atoms with Gasteiger partial charge in [-0.1, -0.05) is 53.8 Å². The van der Waals surface area contributed by atoms with Gasteiger partial charge in [0.25, 0.3) is 5.91 Å². The molecule has 2 aromatic carbocycles. The van der Waals surface area contributed by atoms with Crippen LogP contribution in [0.2, 0.25) is 0 Å². The van der Waals surface area contributed by atoms with Gasteiger partial charge in [-0.05, 0) is 19.1 Å². The number of amides is 2. The van der Waals surface area contributed by atoms with Crippen molar-refractivity contribution in [2.45, 2.75) is 6.92 Å². The Bertz CT molecular complexity index is 927. The second kappa shape index (κ2) is 8.91. The average molecular weight is 382 g/mol. The van der Waals surface area contributed by atoms with E-state index < -0.39 is 0 Å². The van der Waals surface area contributed by atoms with Gasteiger partial charge in [0.05, 0.1) is 18.7 Å². The molecule has 0 saturated carbocycles. The maximum absolute atomic E-state index is 12.3. The lowest BCUT2D eigenvalue weighted by molar-refractivity contribution is -0.115. The van der Waals surface area contributed by atoms with Gasteiger partial charge in [-0.25, -0.2) is 0 Å². The fourth-order valence-corrected chi connectivity index (χ4v) is 3.09. The number of hydrogen-bond donors (Lipinski definition) is 2. The quantitative estimate of drug-likeness (QED) is 0.655. The Labute approximate surface area is 160 Å². The Hall–Kier alpha value is -3.26. The standard InChI is InChI=1S/C19H18N4O3S/c1-2-26-15-11-7-6-10-14(15)17(25)20-12-16(24)21-19-23-22-18(27-19)13-8-4-3-5-9-13/h3-11H,2,12H2,1H3,(H,20,25)(H,21,23,24). The lowest BCUT2D eigenvalue weighted by atomic mass is 10.2. The highest BCUT2D eigenvalue weighted by Crippen LogP contribution is 2.25. The van der Waals surface area contributed by atoms with Crippen LogP contribution in [0.3, 0.4) is 0 Å². The molecule has 1 heterocycles. The molecule has 0 spiro atoms. The van der Waals surface area contributed by atoms with Crippen molar-refractivity contribution in [3.05, 3.63) is 60.2 Å². The van der Waals surface area contributed by atoms with Gasteiger partial charge in [-0.15, -0.1) is 10.2 Å². The third kappa shape index (κ3) is 4.89. The number of aromatic nitrogens is 2. The summed E-state index contributed by atoms with van der Waals surface area (Å²) in [7, 11) is 0. The second-order valence-corrected chi connectivity index (χ2v) is 6.42. The molecule has 0 fully saturated rings. The van der Waals surface area contributed by atoms with E-state index in [0.717, 1.165) is 5.56 Å². The van der Waals surface area contributed by atoms with Gasteiger partial charge >= 0.3 is 0 Å². The molecule has 7 nitrogen and oxygen atoms in total. The van der Waals surface area contributed by atoms with Gasteiger partial charge in [0.1, 0.15) is 10.8 Å². The minimum absolute atomic E-state index is 0.181. The highest BCUT2D eigenvalue weighted by Gasteiger charge is 2.14. The van der Waals surface area contributed by atoms with Crippen LogP contribution in [0.15, 0.2) is 54.6 Å². The third-order valence-electron chi connectivity index (χ3n) is 3.53. The summed E-state index contributed by atoms with van der Waals surface area (Å²) in [5.74, 6) is -0.279. The zero-order valence-electron chi connectivity index (χ0n) is 14.6. The van der Waals surface area contributed by atoms with Crippen molar-refractivity contribution in [2.24, 2.45) is 0 Å². The van der Waals surface area contributed by atoms with E-state index in [1.165, 1.54) is 11.3 Å². The summed E-state index contributed by atoms with van der Waals surface area (Å²) in [4.78, 5) is 24.4. The Kier molecular flexibility index (Phi) is 6.11. The van der Waals surface area contributed by atoms with Gasteiger partial charge in [-0.3, -0.25) is 14.9 Å². The summed E-state index contributed by atoms with van der Waals surface area (Å²) in [6, 6.07) is 16.5. The van der Waals surface area contributed by atoms with Crippen LogP contribution < -0.4 is 15.4 Å². The van der Waals surface area contributed by atoms with Crippen LogP contribution in [0.25, 0.3) is 10.6 Å². The number of anilines is 1. The van der Waals surface area contributed by atoms with Crippen molar-refractivity contribution in [1.29, 1.82) is 0 Å². The monoisotopic (exact) mass is 382 g/mol. The number of carbonyl (C=O) groups is 2. The molecule has 0 aliphatic rings. The summed E-state index contributed by atoms with van der Waals surface area (Å²) >= 11 is 1.27. The van der Waals surface area contributed by atoms with E-state index in [-0.39, 0.29) is 18.4 Å². The summed E-state index contributed by atoms with van der Waals surface area (Å²) in [6.07, 6.45) is 0. The molecule has 8 heteroatoms. The van der Waals surface area contributed by atoms with E-state index in [0.29, 0.717) is 28.1 Å². The lowest BCUT2D eigenvalue weighted by Crippen LogP contribution is -2.33. The van der Waals surface area contributed by atoms with E-state index in [1.54, 1.807) is 24.3 Å². The fourth-order valence-electron chi connectivity index (χ4n) is 2.33. The number of carbonyl (C=O) groups excluding carboxylic acids is 2. The largest absolute Gasteiger partial charge is 0.493 e. The van der Waals surface area contributed by atoms with Crippen molar-refractivity contribution in [1.82, 2.24) is 15.5 Å². The van der Waals surface area contributed by atoms with Crippen LogP contribution in [0.4, 0.5) is 5.13 Å². The molecule has 0 bridgehead atoms. The second-order valence-electron chi connectivity index (χ2n) is 5.44. The third-order valence-corrected chi connectivity index (χ3v) is 4.42. The normalized spacial score (nSPS) is 10.3. The van der Waals surface area contributed by atoms with E-state index >= 15 is 0 Å². The van der Waals surface area contributed by atoms with E-state index in [1.807, 2.05) is 37.3 Å². The molecule has 2 N–H and O–H groups in total. The summed E-state index contributed by atoms with van der Waals surface area (Å²) in [6.45, 7) is 2.11. The zero-order chi connectivity index (χ0) is 19.1. The maximum atomic E-state index is 12.3. The molecule has 1 aromatic heterocycles. The molecule has 0 radical (unpaired) electrons. The van der Waals surface area contributed by atoms with E-state index in [4.69, 9.17) is 4.74 Å². The smallest absolute Gasteiger partial charge is 0.255 e. The zero-order valence-corrected chi connectivity index (χ0v) is 15.5. The van der Waals surface area contributed by atoms with Gasteiger partial charge in [0.2, 0.25) is 11.0 Å². The molecule has 3 aromatic rings. The van der Waals surface area contributed by atoms with Crippen LogP contribution in [0.1, 0.15) is 17.3 Å². The van der Waals surface area contributed by atoms with Gasteiger partial charge < -0.3 is 10.1 Å². The minimum atomic E-state index is -0.381. The Morgan fingerprint density at radius 1 is 1.04 bits per heavy atom. The fraction of sp³-hybridized carbons (Fsp3) is 0.158. The number of rotatable bonds is 7. The first-order valence-electron chi connectivity index (χ1n) is 8.36. The average Bonchev–Trinajstić information content (AvgIpc) is 3.16. The SMILES string of the molecule is CCOc1ccccc1C(=O)NCC(=O)Nc1nnc(-c2ccccc2)s1. The molecular formula is C19H18N4O3S. The van der Waals surface area contributed by atoms with Crippen LogP contribution in [-0.4, -0.2) is 35.2 Å². The number of hydrogen-bond acceptors (Lipinski definition) is 6. The van der Waals surface area contributed by atoms with Crippen molar-refractivity contribution in [3.63, 3.8) is 0 Å². The van der Waals surface area contributed by atoms with Crippen LogP contribution in [0, 0.1) is 0 Å². The number of nitrogens with zero attached hydrogens (tertiary/aromatic N) is 2. The topological polar surface area (TPSA) is 93.2 Å².